The van der Waals surface area contributed by atoms with Gasteiger partial charge in [0.25, 0.3) is 0 Å². The number of nitrogens with zero attached hydrogens (tertiary/aromatic N) is 3. The van der Waals surface area contributed by atoms with Crippen LogP contribution in [-0.2, 0) is 0 Å². The zero-order valence-electron chi connectivity index (χ0n) is 14.0. The van der Waals surface area contributed by atoms with E-state index < -0.39 is 0 Å². The summed E-state index contributed by atoms with van der Waals surface area (Å²) < 4.78 is 1.92. The lowest BCUT2D eigenvalue weighted by molar-refractivity contribution is 0.959. The predicted octanol–water partition coefficient (Wildman–Crippen LogP) is 3.87. The maximum absolute atomic E-state index is 5.93. The highest BCUT2D eigenvalue weighted by molar-refractivity contribution is 6.30. The minimum Gasteiger partial charge on any atom is -0.396 e. The van der Waals surface area contributed by atoms with Crippen molar-refractivity contribution < 1.29 is 0 Å². The van der Waals surface area contributed by atoms with Gasteiger partial charge in [-0.05, 0) is 56.2 Å². The van der Waals surface area contributed by atoms with Crippen LogP contribution < -0.4 is 5.73 Å². The molecule has 3 aromatic rings. The van der Waals surface area contributed by atoms with Gasteiger partial charge < -0.3 is 5.73 Å². The summed E-state index contributed by atoms with van der Waals surface area (Å²) in [6, 6.07) is 11.3. The Bertz CT molecular complexity index is 987. The van der Waals surface area contributed by atoms with Crippen LogP contribution in [0, 0.1) is 25.7 Å². The summed E-state index contributed by atoms with van der Waals surface area (Å²) >= 11 is 5.90. The van der Waals surface area contributed by atoms with E-state index >= 15 is 0 Å². The molecule has 4 nitrogen and oxygen atoms in total. The molecule has 0 bridgehead atoms. The van der Waals surface area contributed by atoms with Crippen LogP contribution in [0.15, 0.2) is 49.2 Å². The molecule has 3 rings (SSSR count). The maximum atomic E-state index is 5.93. The monoisotopic (exact) mass is 348 g/mol. The molecule has 2 heterocycles. The van der Waals surface area contributed by atoms with Crippen LogP contribution in [0.5, 0.6) is 0 Å². The molecule has 0 saturated heterocycles. The van der Waals surface area contributed by atoms with Gasteiger partial charge in [0.15, 0.2) is 5.82 Å². The lowest BCUT2D eigenvalue weighted by Gasteiger charge is -2.09. The normalized spacial score (nSPS) is 10.2. The number of benzene rings is 1. The molecular weight excluding hydrogens is 332 g/mol. The molecule has 124 valence electrons. The van der Waals surface area contributed by atoms with Gasteiger partial charge in [-0.15, -0.1) is 0 Å². The zero-order valence-corrected chi connectivity index (χ0v) is 14.8. The third-order valence-corrected chi connectivity index (χ3v) is 3.97. The molecule has 0 radical (unpaired) electrons. The van der Waals surface area contributed by atoms with Crippen molar-refractivity contribution in [1.29, 1.82) is 0 Å². The molecule has 2 N–H and O–H groups in total. The van der Waals surface area contributed by atoms with Gasteiger partial charge in [-0.2, -0.15) is 0 Å². The van der Waals surface area contributed by atoms with Gasteiger partial charge in [-0.1, -0.05) is 24.1 Å². The number of nitrogens with two attached hydrogens (primary N) is 1. The van der Waals surface area contributed by atoms with Crippen molar-refractivity contribution >= 4 is 17.3 Å². The van der Waals surface area contributed by atoms with Crippen molar-refractivity contribution in [1.82, 2.24) is 14.5 Å². The van der Waals surface area contributed by atoms with Crippen molar-refractivity contribution in [3.63, 3.8) is 0 Å². The number of imidazole rings is 1. The summed E-state index contributed by atoms with van der Waals surface area (Å²) in [7, 11) is 0. The molecule has 0 spiro atoms. The first-order chi connectivity index (χ1) is 12.0. The number of halogens is 1. The predicted molar refractivity (Wildman–Crippen MR) is 101 cm³/mol. The Morgan fingerprint density at radius 3 is 2.44 bits per heavy atom. The van der Waals surface area contributed by atoms with E-state index in [0.29, 0.717) is 22.2 Å². The summed E-state index contributed by atoms with van der Waals surface area (Å²) in [5.74, 6) is 6.77. The topological polar surface area (TPSA) is 56.7 Å². The lowest BCUT2D eigenvalue weighted by atomic mass is 10.2. The smallest absolute Gasteiger partial charge is 0.161 e. The standard InChI is InChI=1S/C20H17ClN4/c1-13-4-10-18(12-23-13)25-15(3)19(24-20(25)14(2)22)11-7-16-5-8-17(21)9-6-16/h4-6,8-10,12H,2,22H2,1,3H3. The van der Waals surface area contributed by atoms with E-state index in [2.05, 4.69) is 28.4 Å². The fraction of sp³-hybridized carbons (Fsp3) is 0.100. The van der Waals surface area contributed by atoms with Crippen molar-refractivity contribution in [2.75, 3.05) is 0 Å². The van der Waals surface area contributed by atoms with E-state index in [1.807, 2.05) is 54.8 Å². The van der Waals surface area contributed by atoms with Crippen LogP contribution in [0.2, 0.25) is 5.02 Å². The fourth-order valence-corrected chi connectivity index (χ4v) is 2.53. The van der Waals surface area contributed by atoms with Gasteiger partial charge in [0.2, 0.25) is 0 Å². The molecule has 2 aromatic heterocycles. The summed E-state index contributed by atoms with van der Waals surface area (Å²) in [6.07, 6.45) is 1.78. The average Bonchev–Trinajstić information content (AvgIpc) is 2.92. The number of hydrogen-bond donors (Lipinski definition) is 1. The number of aryl methyl sites for hydroxylation is 1. The first-order valence-corrected chi connectivity index (χ1v) is 8.08. The van der Waals surface area contributed by atoms with Gasteiger partial charge in [0.05, 0.1) is 23.3 Å². The Balaban J connectivity index is 2.08. The highest BCUT2D eigenvalue weighted by Gasteiger charge is 2.15. The molecule has 0 aliphatic heterocycles. The van der Waals surface area contributed by atoms with E-state index in [-0.39, 0.29) is 0 Å². The molecule has 0 atom stereocenters. The Labute approximate surface area is 152 Å². The molecular formula is C20H17ClN4. The van der Waals surface area contributed by atoms with Crippen LogP contribution >= 0.6 is 11.6 Å². The quantitative estimate of drug-likeness (QED) is 0.715. The second-order valence-corrected chi connectivity index (χ2v) is 6.08. The Morgan fingerprint density at radius 2 is 1.84 bits per heavy atom. The van der Waals surface area contributed by atoms with Crippen molar-refractivity contribution in [3.05, 3.63) is 82.7 Å². The average molecular weight is 349 g/mol. The van der Waals surface area contributed by atoms with Gasteiger partial charge in [-0.25, -0.2) is 4.98 Å². The van der Waals surface area contributed by atoms with Crippen molar-refractivity contribution in [2.45, 2.75) is 13.8 Å². The first-order valence-electron chi connectivity index (χ1n) is 7.70. The first kappa shape index (κ1) is 16.8. The maximum Gasteiger partial charge on any atom is 0.161 e. The van der Waals surface area contributed by atoms with Crippen LogP contribution in [-0.4, -0.2) is 14.5 Å². The number of rotatable bonds is 2. The van der Waals surface area contributed by atoms with E-state index in [1.165, 1.54) is 0 Å². The molecule has 0 unspecified atom stereocenters. The largest absolute Gasteiger partial charge is 0.396 e. The molecule has 5 heteroatoms. The molecule has 0 aliphatic carbocycles. The number of pyridine rings is 1. The number of hydrogen-bond acceptors (Lipinski definition) is 3. The Morgan fingerprint density at radius 1 is 1.12 bits per heavy atom. The Hall–Kier alpha value is -3.03. The minimum absolute atomic E-state index is 0.378. The SMILES string of the molecule is C=C(N)c1nc(C#Cc2ccc(Cl)cc2)c(C)n1-c1ccc(C)nc1. The minimum atomic E-state index is 0.378. The van der Waals surface area contributed by atoms with Gasteiger partial charge in [-0.3, -0.25) is 9.55 Å². The summed E-state index contributed by atoms with van der Waals surface area (Å²) in [4.78, 5) is 8.89. The van der Waals surface area contributed by atoms with Gasteiger partial charge in [0, 0.05) is 16.3 Å². The highest BCUT2D eigenvalue weighted by Crippen LogP contribution is 2.20. The van der Waals surface area contributed by atoms with Crippen LogP contribution in [0.3, 0.4) is 0 Å². The van der Waals surface area contributed by atoms with E-state index in [9.17, 15) is 0 Å². The summed E-state index contributed by atoms with van der Waals surface area (Å²) in [5.41, 5.74) is 10.5. The van der Waals surface area contributed by atoms with Gasteiger partial charge in [0.1, 0.15) is 5.69 Å². The van der Waals surface area contributed by atoms with Crippen LogP contribution in [0.25, 0.3) is 11.4 Å². The fourth-order valence-electron chi connectivity index (χ4n) is 2.41. The van der Waals surface area contributed by atoms with Crippen LogP contribution in [0.1, 0.15) is 28.5 Å². The lowest BCUT2D eigenvalue weighted by Crippen LogP contribution is -2.06. The number of aromatic nitrogens is 3. The summed E-state index contributed by atoms with van der Waals surface area (Å²) in [6.45, 7) is 7.71. The third kappa shape index (κ3) is 3.57. The van der Waals surface area contributed by atoms with Crippen molar-refractivity contribution in [2.24, 2.45) is 5.73 Å². The van der Waals surface area contributed by atoms with E-state index in [0.717, 1.165) is 22.6 Å². The molecule has 0 fully saturated rings. The molecule has 25 heavy (non-hydrogen) atoms. The van der Waals surface area contributed by atoms with Gasteiger partial charge >= 0.3 is 0 Å². The second kappa shape index (κ2) is 6.84. The second-order valence-electron chi connectivity index (χ2n) is 5.64. The molecule has 0 aliphatic rings. The van der Waals surface area contributed by atoms with E-state index in [1.54, 1.807) is 6.20 Å². The Kier molecular flexibility index (Phi) is 4.60. The van der Waals surface area contributed by atoms with Crippen LogP contribution in [0.4, 0.5) is 0 Å². The molecule has 0 amide bonds. The molecule has 1 aromatic carbocycles. The zero-order chi connectivity index (χ0) is 18.0. The van der Waals surface area contributed by atoms with Crippen molar-refractivity contribution in [3.8, 4) is 17.5 Å². The third-order valence-electron chi connectivity index (χ3n) is 3.72. The van der Waals surface area contributed by atoms with E-state index in [4.69, 9.17) is 17.3 Å². The molecule has 0 saturated carbocycles. The summed E-state index contributed by atoms with van der Waals surface area (Å²) in [5, 5.41) is 0.680. The highest BCUT2D eigenvalue weighted by atomic mass is 35.5.